The van der Waals surface area contributed by atoms with Gasteiger partial charge in [-0.25, -0.2) is 4.79 Å². The monoisotopic (exact) mass is 498 g/mol. The number of rotatable bonds is 8. The van der Waals surface area contributed by atoms with Crippen LogP contribution >= 0.6 is 15.9 Å². The largest absolute Gasteiger partial charge is 0.455 e. The molecular formula is C21H15BrN4O6. The molecule has 0 aliphatic rings. The molecule has 0 bridgehead atoms. The molecule has 0 spiro atoms. The van der Waals surface area contributed by atoms with Gasteiger partial charge in [-0.1, -0.05) is 46.3 Å². The van der Waals surface area contributed by atoms with E-state index in [0.29, 0.717) is 16.8 Å². The number of carbonyl (C=O) groups excluding carboxylic acids is 1. The Hall–Kier alpha value is -4.12. The maximum Gasteiger partial charge on any atom is 0.338 e. The van der Waals surface area contributed by atoms with E-state index in [4.69, 9.17) is 4.74 Å². The smallest absolute Gasteiger partial charge is 0.338 e. The predicted octanol–water partition coefficient (Wildman–Crippen LogP) is 4.94. The van der Waals surface area contributed by atoms with Crippen molar-refractivity contribution >= 4 is 44.7 Å². The first-order valence-electron chi connectivity index (χ1n) is 9.08. The lowest BCUT2D eigenvalue weighted by Gasteiger charge is -2.10. The van der Waals surface area contributed by atoms with Gasteiger partial charge in [0.25, 0.3) is 5.69 Å². The summed E-state index contributed by atoms with van der Waals surface area (Å²) in [4.78, 5) is 33.1. The summed E-state index contributed by atoms with van der Waals surface area (Å²) in [5.74, 6) is -0.567. The van der Waals surface area contributed by atoms with Crippen molar-refractivity contribution in [3.8, 4) is 0 Å². The lowest BCUT2D eigenvalue weighted by atomic mass is 10.1. The van der Waals surface area contributed by atoms with Crippen LogP contribution in [0.2, 0.25) is 0 Å². The predicted molar refractivity (Wildman–Crippen MR) is 121 cm³/mol. The number of carbonyl (C=O) groups is 1. The zero-order chi connectivity index (χ0) is 23.1. The maximum atomic E-state index is 12.3. The number of hydrogen-bond acceptors (Lipinski definition) is 8. The number of non-ortho nitro benzene ring substituents is 1. The highest BCUT2D eigenvalue weighted by molar-refractivity contribution is 9.10. The number of nitro benzene ring substituents is 2. The first-order valence-corrected chi connectivity index (χ1v) is 9.88. The van der Waals surface area contributed by atoms with Gasteiger partial charge in [-0.05, 0) is 30.3 Å². The van der Waals surface area contributed by atoms with Gasteiger partial charge >= 0.3 is 11.7 Å². The van der Waals surface area contributed by atoms with E-state index in [9.17, 15) is 25.0 Å². The Morgan fingerprint density at radius 2 is 1.62 bits per heavy atom. The highest BCUT2D eigenvalue weighted by Gasteiger charge is 2.19. The maximum absolute atomic E-state index is 12.3. The summed E-state index contributed by atoms with van der Waals surface area (Å²) in [5, 5.41) is 26.4. The molecule has 0 saturated heterocycles. The molecule has 0 aliphatic carbocycles. The number of hydrazone groups is 1. The van der Waals surface area contributed by atoms with Crippen LogP contribution in [0.4, 0.5) is 17.1 Å². The first-order chi connectivity index (χ1) is 15.3. The summed E-state index contributed by atoms with van der Waals surface area (Å²) in [5.41, 5.74) is 2.84. The average Bonchev–Trinajstić information content (AvgIpc) is 2.79. The molecule has 162 valence electrons. The fourth-order valence-corrected chi connectivity index (χ4v) is 2.89. The third-order valence-corrected chi connectivity index (χ3v) is 4.76. The van der Waals surface area contributed by atoms with Crippen LogP contribution in [0.1, 0.15) is 15.9 Å². The second-order valence-corrected chi connectivity index (χ2v) is 7.25. The molecule has 10 nitrogen and oxygen atoms in total. The molecule has 3 aromatic carbocycles. The molecule has 11 heteroatoms. The fraction of sp³-hybridized carbons (Fsp3) is 0.0476. The number of nitro groups is 2. The van der Waals surface area contributed by atoms with Crippen LogP contribution in [-0.4, -0.2) is 28.1 Å². The summed E-state index contributed by atoms with van der Waals surface area (Å²) in [6.07, 6.45) is 0. The van der Waals surface area contributed by atoms with Gasteiger partial charge in [0, 0.05) is 16.1 Å². The number of ether oxygens (including phenoxy) is 1. The number of esters is 1. The lowest BCUT2D eigenvalue weighted by molar-refractivity contribution is -0.393. The lowest BCUT2D eigenvalue weighted by Crippen LogP contribution is -2.17. The van der Waals surface area contributed by atoms with Gasteiger partial charge in [-0.2, -0.15) is 5.10 Å². The number of halogens is 1. The molecule has 1 N–H and O–H groups in total. The minimum absolute atomic E-state index is 0.0479. The van der Waals surface area contributed by atoms with Crippen LogP contribution in [0.5, 0.6) is 0 Å². The average molecular weight is 499 g/mol. The molecule has 0 aliphatic heterocycles. The first kappa shape index (κ1) is 22.6. The number of benzene rings is 3. The van der Waals surface area contributed by atoms with E-state index in [1.165, 1.54) is 6.07 Å². The Labute approximate surface area is 190 Å². The summed E-state index contributed by atoms with van der Waals surface area (Å²) in [7, 11) is 0. The molecule has 0 unspecified atom stereocenters. The van der Waals surface area contributed by atoms with Crippen LogP contribution in [0.25, 0.3) is 0 Å². The molecule has 0 atom stereocenters. The minimum Gasteiger partial charge on any atom is -0.455 e. The van der Waals surface area contributed by atoms with Gasteiger partial charge in [0.2, 0.25) is 0 Å². The minimum atomic E-state index is -0.749. The molecule has 0 fully saturated rings. The number of nitrogens with zero attached hydrogens (tertiary/aromatic N) is 3. The highest BCUT2D eigenvalue weighted by atomic mass is 79.9. The van der Waals surface area contributed by atoms with Gasteiger partial charge in [-0.15, -0.1) is 0 Å². The third-order valence-electron chi connectivity index (χ3n) is 4.23. The normalized spacial score (nSPS) is 11.0. The van der Waals surface area contributed by atoms with Crippen molar-refractivity contribution in [2.24, 2.45) is 5.10 Å². The molecule has 0 radical (unpaired) electrons. The van der Waals surface area contributed by atoms with Crippen molar-refractivity contribution in [2.75, 3.05) is 12.0 Å². The van der Waals surface area contributed by atoms with Gasteiger partial charge in [-0.3, -0.25) is 25.7 Å². The van der Waals surface area contributed by atoms with Crippen LogP contribution in [0.3, 0.4) is 0 Å². The number of nitrogens with one attached hydrogen (secondary N) is 1. The van der Waals surface area contributed by atoms with Gasteiger partial charge in [0.1, 0.15) is 18.0 Å². The van der Waals surface area contributed by atoms with E-state index in [0.717, 1.165) is 16.6 Å². The summed E-state index contributed by atoms with van der Waals surface area (Å²) in [6.45, 7) is -0.216. The Balaban J connectivity index is 1.85. The van der Waals surface area contributed by atoms with Gasteiger partial charge in [0.05, 0.1) is 21.5 Å². The van der Waals surface area contributed by atoms with Crippen LogP contribution in [0, 0.1) is 20.2 Å². The Morgan fingerprint density at radius 1 is 0.938 bits per heavy atom. The van der Waals surface area contributed by atoms with Crippen LogP contribution in [0.15, 0.2) is 82.4 Å². The van der Waals surface area contributed by atoms with Gasteiger partial charge < -0.3 is 4.74 Å². The van der Waals surface area contributed by atoms with E-state index < -0.39 is 27.2 Å². The molecule has 3 aromatic rings. The molecule has 0 aromatic heterocycles. The Kier molecular flexibility index (Phi) is 7.24. The Bertz CT molecular complexity index is 1180. The second-order valence-electron chi connectivity index (χ2n) is 6.34. The highest BCUT2D eigenvalue weighted by Crippen LogP contribution is 2.29. The molecule has 32 heavy (non-hydrogen) atoms. The summed E-state index contributed by atoms with van der Waals surface area (Å²) >= 11 is 3.29. The topological polar surface area (TPSA) is 137 Å². The van der Waals surface area contributed by atoms with Crippen molar-refractivity contribution < 1.29 is 19.4 Å². The number of hydrogen-bond donors (Lipinski definition) is 1. The Morgan fingerprint density at radius 3 is 2.25 bits per heavy atom. The van der Waals surface area contributed by atoms with Crippen molar-refractivity contribution in [3.63, 3.8) is 0 Å². The van der Waals surface area contributed by atoms with E-state index in [1.807, 2.05) is 0 Å². The van der Waals surface area contributed by atoms with Crippen LogP contribution < -0.4 is 5.43 Å². The molecule has 0 amide bonds. The quantitative estimate of drug-likeness (QED) is 0.201. The van der Waals surface area contributed by atoms with Crippen molar-refractivity contribution in [1.82, 2.24) is 0 Å². The zero-order valence-electron chi connectivity index (χ0n) is 16.3. The van der Waals surface area contributed by atoms with Crippen molar-refractivity contribution in [1.29, 1.82) is 0 Å². The molecular weight excluding hydrogens is 484 g/mol. The van der Waals surface area contributed by atoms with E-state index >= 15 is 0 Å². The summed E-state index contributed by atoms with van der Waals surface area (Å²) in [6, 6.07) is 18.6. The standard InChI is InChI=1S/C21H15BrN4O6/c22-16-8-6-15(7-9-16)21(27)32-13-19(14-4-2-1-3-5-14)24-23-18-11-10-17(25(28)29)12-20(18)26(30)31/h1-12,23H,13H2/b24-19+. The molecule has 3 rings (SSSR count). The van der Waals surface area contributed by atoms with E-state index in [1.54, 1.807) is 54.6 Å². The fourth-order valence-electron chi connectivity index (χ4n) is 2.62. The molecule has 0 heterocycles. The number of anilines is 1. The SMILES string of the molecule is O=C(OC/C(=N\Nc1ccc([N+](=O)[O-])cc1[N+](=O)[O-])c1ccccc1)c1ccc(Br)cc1. The zero-order valence-corrected chi connectivity index (χ0v) is 17.9. The van der Waals surface area contributed by atoms with Gasteiger partial charge in [0.15, 0.2) is 0 Å². The van der Waals surface area contributed by atoms with Crippen molar-refractivity contribution in [3.05, 3.63) is 109 Å². The van der Waals surface area contributed by atoms with E-state index in [-0.39, 0.29) is 12.3 Å². The summed E-state index contributed by atoms with van der Waals surface area (Å²) < 4.78 is 6.17. The second kappa shape index (κ2) is 10.3. The van der Waals surface area contributed by atoms with Crippen LogP contribution in [-0.2, 0) is 4.74 Å². The van der Waals surface area contributed by atoms with E-state index in [2.05, 4.69) is 26.5 Å². The van der Waals surface area contributed by atoms with Crippen molar-refractivity contribution in [2.45, 2.75) is 0 Å². The molecule has 0 saturated carbocycles. The third kappa shape index (κ3) is 5.73.